The molecule has 3 nitrogen and oxygen atoms in total. The lowest BCUT2D eigenvalue weighted by molar-refractivity contribution is 0.145. The minimum Gasteiger partial charge on any atom is -0.372 e. The zero-order valence-corrected chi connectivity index (χ0v) is 8.35. The molecule has 1 saturated heterocycles. The second-order valence-electron chi connectivity index (χ2n) is 4.23. The maximum Gasteiger partial charge on any atom is 0.0946 e. The van der Waals surface area contributed by atoms with Gasteiger partial charge in [0.25, 0.3) is 0 Å². The molecule has 0 radical (unpaired) electrons. The number of nitrogens with zero attached hydrogens (tertiary/aromatic N) is 1. The molecular weight excluding hydrogens is 152 g/mol. The first-order valence-electron chi connectivity index (χ1n) is 4.44. The highest BCUT2D eigenvalue weighted by atomic mass is 16.5. The molecule has 0 aromatic rings. The Morgan fingerprint density at radius 2 is 2.17 bits per heavy atom. The molecule has 0 aliphatic carbocycles. The zero-order valence-electron chi connectivity index (χ0n) is 8.35. The summed E-state index contributed by atoms with van der Waals surface area (Å²) in [5, 5.41) is 4.32. The van der Waals surface area contributed by atoms with Gasteiger partial charge in [0.15, 0.2) is 0 Å². The molecule has 1 rings (SSSR count). The lowest BCUT2D eigenvalue weighted by atomic mass is 10.1. The molecule has 1 N–H and O–H groups in total. The van der Waals surface area contributed by atoms with E-state index in [2.05, 4.69) is 31.3 Å². The van der Waals surface area contributed by atoms with Gasteiger partial charge in [-0.1, -0.05) is 0 Å². The average Bonchev–Trinajstić information content (AvgIpc) is 2.29. The van der Waals surface area contributed by atoms with Gasteiger partial charge in [-0.2, -0.15) is 5.10 Å². The van der Waals surface area contributed by atoms with Crippen LogP contribution in [0.15, 0.2) is 5.10 Å². The maximum atomic E-state index is 5.36. The SMILES string of the molecule is CC1OCC/C1=N/NC(C)(C)C. The number of hydrazone groups is 1. The van der Waals surface area contributed by atoms with Crippen LogP contribution in [0.5, 0.6) is 0 Å². The average molecular weight is 170 g/mol. The highest BCUT2D eigenvalue weighted by Crippen LogP contribution is 2.09. The lowest BCUT2D eigenvalue weighted by Crippen LogP contribution is -2.33. The van der Waals surface area contributed by atoms with E-state index in [0.29, 0.717) is 0 Å². The smallest absolute Gasteiger partial charge is 0.0946 e. The zero-order chi connectivity index (χ0) is 9.19. The standard InChI is InChI=1S/C9H18N2O/c1-7-8(5-6-12-7)10-11-9(2,3)4/h7,11H,5-6H2,1-4H3/b10-8-. The summed E-state index contributed by atoms with van der Waals surface area (Å²) in [5.41, 5.74) is 4.28. The van der Waals surface area contributed by atoms with Gasteiger partial charge in [-0.05, 0) is 27.7 Å². The molecule has 12 heavy (non-hydrogen) atoms. The number of hydrogen-bond donors (Lipinski definition) is 1. The summed E-state index contributed by atoms with van der Waals surface area (Å²) in [5.74, 6) is 0. The minimum absolute atomic E-state index is 0.0509. The molecule has 0 aromatic carbocycles. The van der Waals surface area contributed by atoms with Crippen molar-refractivity contribution in [2.75, 3.05) is 6.61 Å². The molecule has 70 valence electrons. The normalized spacial score (nSPS) is 28.0. The van der Waals surface area contributed by atoms with Crippen molar-refractivity contribution in [1.82, 2.24) is 5.43 Å². The molecule has 1 heterocycles. The van der Waals surface area contributed by atoms with E-state index < -0.39 is 0 Å². The molecule has 3 heteroatoms. The maximum absolute atomic E-state index is 5.36. The highest BCUT2D eigenvalue weighted by Gasteiger charge is 2.19. The number of nitrogens with one attached hydrogen (secondary N) is 1. The van der Waals surface area contributed by atoms with Gasteiger partial charge >= 0.3 is 0 Å². The third kappa shape index (κ3) is 2.81. The fraction of sp³-hybridized carbons (Fsp3) is 0.889. The monoisotopic (exact) mass is 170 g/mol. The molecule has 1 unspecified atom stereocenters. The molecule has 1 aliphatic heterocycles. The molecule has 0 bridgehead atoms. The first-order valence-corrected chi connectivity index (χ1v) is 4.44. The first-order chi connectivity index (χ1) is 5.49. The largest absolute Gasteiger partial charge is 0.372 e. The van der Waals surface area contributed by atoms with E-state index in [4.69, 9.17) is 4.74 Å². The number of ether oxygens (including phenoxy) is 1. The van der Waals surface area contributed by atoms with E-state index in [1.54, 1.807) is 0 Å². The Balaban J connectivity index is 2.46. The Kier molecular flexibility index (Phi) is 2.73. The number of rotatable bonds is 1. The Morgan fingerprint density at radius 1 is 1.50 bits per heavy atom. The van der Waals surface area contributed by atoms with Crippen LogP contribution >= 0.6 is 0 Å². The molecule has 1 fully saturated rings. The molecule has 1 aliphatic rings. The van der Waals surface area contributed by atoms with Crippen LogP contribution in [0.1, 0.15) is 34.1 Å². The molecule has 0 saturated carbocycles. The van der Waals surface area contributed by atoms with Crippen LogP contribution in [0, 0.1) is 0 Å². The Bertz CT molecular complexity index is 181. The van der Waals surface area contributed by atoms with E-state index in [0.717, 1.165) is 18.7 Å². The van der Waals surface area contributed by atoms with Crippen LogP contribution in [0.25, 0.3) is 0 Å². The van der Waals surface area contributed by atoms with Gasteiger partial charge in [0, 0.05) is 12.0 Å². The number of hydrogen-bond acceptors (Lipinski definition) is 3. The van der Waals surface area contributed by atoms with Crippen molar-refractivity contribution >= 4 is 5.71 Å². The van der Waals surface area contributed by atoms with Crippen LogP contribution in [0.3, 0.4) is 0 Å². The molecule has 0 amide bonds. The second-order valence-corrected chi connectivity index (χ2v) is 4.23. The van der Waals surface area contributed by atoms with Crippen molar-refractivity contribution in [3.63, 3.8) is 0 Å². The van der Waals surface area contributed by atoms with Crippen molar-refractivity contribution in [3.05, 3.63) is 0 Å². The van der Waals surface area contributed by atoms with E-state index in [1.165, 1.54) is 0 Å². The summed E-state index contributed by atoms with van der Waals surface area (Å²) >= 11 is 0. The quantitative estimate of drug-likeness (QED) is 0.606. The van der Waals surface area contributed by atoms with E-state index in [-0.39, 0.29) is 11.6 Å². The molecule has 1 atom stereocenters. The predicted molar refractivity (Wildman–Crippen MR) is 50.4 cm³/mol. The van der Waals surface area contributed by atoms with Gasteiger partial charge in [-0.25, -0.2) is 0 Å². The van der Waals surface area contributed by atoms with Crippen molar-refractivity contribution in [3.8, 4) is 0 Å². The van der Waals surface area contributed by atoms with Gasteiger partial charge in [0.1, 0.15) is 0 Å². The summed E-state index contributed by atoms with van der Waals surface area (Å²) in [6.07, 6.45) is 1.16. The molecule has 0 aromatic heterocycles. The Hall–Kier alpha value is -0.570. The second kappa shape index (κ2) is 3.44. The Labute approximate surface area is 74.2 Å². The summed E-state index contributed by atoms with van der Waals surface area (Å²) in [4.78, 5) is 0. The topological polar surface area (TPSA) is 33.6 Å². The van der Waals surface area contributed by atoms with Crippen molar-refractivity contribution in [1.29, 1.82) is 0 Å². The fourth-order valence-electron chi connectivity index (χ4n) is 1.03. The third-order valence-corrected chi connectivity index (χ3v) is 1.73. The Morgan fingerprint density at radius 3 is 2.58 bits per heavy atom. The van der Waals surface area contributed by atoms with Gasteiger partial charge in [0.05, 0.1) is 18.4 Å². The summed E-state index contributed by atoms with van der Waals surface area (Å²) < 4.78 is 5.36. The summed E-state index contributed by atoms with van der Waals surface area (Å²) in [6.45, 7) is 9.13. The van der Waals surface area contributed by atoms with Crippen LogP contribution in [-0.2, 0) is 4.74 Å². The lowest BCUT2D eigenvalue weighted by Gasteiger charge is -2.18. The fourth-order valence-corrected chi connectivity index (χ4v) is 1.03. The third-order valence-electron chi connectivity index (χ3n) is 1.73. The van der Waals surface area contributed by atoms with E-state index >= 15 is 0 Å². The van der Waals surface area contributed by atoms with Crippen molar-refractivity contribution in [2.24, 2.45) is 5.10 Å². The van der Waals surface area contributed by atoms with Crippen LogP contribution in [0.2, 0.25) is 0 Å². The van der Waals surface area contributed by atoms with Crippen LogP contribution < -0.4 is 5.43 Å². The van der Waals surface area contributed by atoms with Crippen molar-refractivity contribution < 1.29 is 4.74 Å². The first kappa shape index (κ1) is 9.52. The van der Waals surface area contributed by atoms with Crippen molar-refractivity contribution in [2.45, 2.75) is 45.8 Å². The summed E-state index contributed by atoms with van der Waals surface area (Å²) in [6, 6.07) is 0. The molecular formula is C9H18N2O. The van der Waals surface area contributed by atoms with Gasteiger partial charge < -0.3 is 10.2 Å². The summed E-state index contributed by atoms with van der Waals surface area (Å²) in [7, 11) is 0. The van der Waals surface area contributed by atoms with Gasteiger partial charge in [-0.3, -0.25) is 0 Å². The van der Waals surface area contributed by atoms with Gasteiger partial charge in [0.2, 0.25) is 0 Å². The van der Waals surface area contributed by atoms with Crippen LogP contribution in [0.4, 0.5) is 0 Å². The minimum atomic E-state index is 0.0509. The molecule has 0 spiro atoms. The van der Waals surface area contributed by atoms with E-state index in [9.17, 15) is 0 Å². The highest BCUT2D eigenvalue weighted by molar-refractivity contribution is 5.89. The predicted octanol–water partition coefficient (Wildman–Crippen LogP) is 1.54. The van der Waals surface area contributed by atoms with Gasteiger partial charge in [-0.15, -0.1) is 0 Å². The van der Waals surface area contributed by atoms with E-state index in [1.807, 2.05) is 6.92 Å². The van der Waals surface area contributed by atoms with Crippen LogP contribution in [-0.4, -0.2) is 24.0 Å².